The van der Waals surface area contributed by atoms with Gasteiger partial charge in [0.05, 0.1) is 0 Å². The molecule has 1 aromatic rings. The van der Waals surface area contributed by atoms with Crippen LogP contribution in [-0.2, 0) is 6.54 Å². The minimum Gasteiger partial charge on any atom is -0.308 e. The molecule has 68 valence electrons. The Morgan fingerprint density at radius 1 is 1.50 bits per heavy atom. The van der Waals surface area contributed by atoms with E-state index in [0.29, 0.717) is 6.04 Å². The Morgan fingerprint density at radius 2 is 2.25 bits per heavy atom. The summed E-state index contributed by atoms with van der Waals surface area (Å²) in [6, 6.07) is 2.63. The average molecular weight is 167 g/mol. The van der Waals surface area contributed by atoms with E-state index in [9.17, 15) is 0 Å². The molecule has 0 fully saturated rings. The predicted octanol–water partition coefficient (Wildman–Crippen LogP) is 1.69. The molecule has 0 aliphatic rings. The Bertz CT molecular complexity index is 190. The highest BCUT2D eigenvalue weighted by Crippen LogP contribution is 1.98. The van der Waals surface area contributed by atoms with E-state index in [1.807, 2.05) is 6.07 Å². The van der Waals surface area contributed by atoms with Crippen molar-refractivity contribution < 1.29 is 0 Å². The van der Waals surface area contributed by atoms with E-state index >= 15 is 0 Å². The number of nitrogens with one attached hydrogen (secondary N) is 2. The summed E-state index contributed by atoms with van der Waals surface area (Å²) in [4.78, 5) is 0. The summed E-state index contributed by atoms with van der Waals surface area (Å²) < 4.78 is 0. The van der Waals surface area contributed by atoms with Crippen LogP contribution in [0.15, 0.2) is 12.3 Å². The quantitative estimate of drug-likeness (QED) is 0.700. The molecule has 2 N–H and O–H groups in total. The topological polar surface area (TPSA) is 40.7 Å². The first-order chi connectivity index (χ1) is 5.86. The Balaban J connectivity index is 2.25. The summed E-state index contributed by atoms with van der Waals surface area (Å²) in [7, 11) is 0. The molecule has 0 aliphatic heterocycles. The Kier molecular flexibility index (Phi) is 3.80. The SMILES string of the molecule is CCC(CC)NCc1ccn[nH]1. The average Bonchev–Trinajstić information content (AvgIpc) is 2.59. The van der Waals surface area contributed by atoms with Gasteiger partial charge >= 0.3 is 0 Å². The van der Waals surface area contributed by atoms with E-state index in [1.165, 1.54) is 12.8 Å². The third-order valence-corrected chi connectivity index (χ3v) is 2.13. The van der Waals surface area contributed by atoms with Gasteiger partial charge in [0, 0.05) is 24.5 Å². The molecule has 1 heterocycles. The normalized spacial score (nSPS) is 10.9. The van der Waals surface area contributed by atoms with Crippen molar-refractivity contribution in [1.29, 1.82) is 0 Å². The second-order valence-corrected chi connectivity index (χ2v) is 2.98. The molecule has 0 spiro atoms. The first-order valence-corrected chi connectivity index (χ1v) is 4.58. The number of aromatic amines is 1. The van der Waals surface area contributed by atoms with Gasteiger partial charge < -0.3 is 5.32 Å². The first kappa shape index (κ1) is 9.26. The Hall–Kier alpha value is -0.830. The van der Waals surface area contributed by atoms with Crippen LogP contribution in [0.3, 0.4) is 0 Å². The molecule has 12 heavy (non-hydrogen) atoms. The monoisotopic (exact) mass is 167 g/mol. The van der Waals surface area contributed by atoms with Gasteiger partial charge in [0.15, 0.2) is 0 Å². The molecule has 0 saturated carbocycles. The van der Waals surface area contributed by atoms with Crippen LogP contribution < -0.4 is 5.32 Å². The minimum absolute atomic E-state index is 0.633. The van der Waals surface area contributed by atoms with E-state index in [4.69, 9.17) is 0 Å². The van der Waals surface area contributed by atoms with Crippen molar-refractivity contribution >= 4 is 0 Å². The summed E-state index contributed by atoms with van der Waals surface area (Å²) >= 11 is 0. The molecule has 0 radical (unpaired) electrons. The van der Waals surface area contributed by atoms with Crippen LogP contribution in [0.4, 0.5) is 0 Å². The first-order valence-electron chi connectivity index (χ1n) is 4.58. The van der Waals surface area contributed by atoms with Crippen LogP contribution in [0.5, 0.6) is 0 Å². The number of aromatic nitrogens is 2. The molecule has 3 heteroatoms. The number of H-pyrrole nitrogens is 1. The van der Waals surface area contributed by atoms with Crippen molar-refractivity contribution in [2.75, 3.05) is 0 Å². The van der Waals surface area contributed by atoms with Crippen LogP contribution in [0.1, 0.15) is 32.4 Å². The molecule has 0 atom stereocenters. The molecule has 0 saturated heterocycles. The fourth-order valence-corrected chi connectivity index (χ4v) is 1.21. The lowest BCUT2D eigenvalue weighted by Gasteiger charge is -2.13. The van der Waals surface area contributed by atoms with Crippen molar-refractivity contribution in [3.63, 3.8) is 0 Å². The number of hydrogen-bond acceptors (Lipinski definition) is 2. The number of hydrogen-bond donors (Lipinski definition) is 2. The van der Waals surface area contributed by atoms with Crippen molar-refractivity contribution in [3.05, 3.63) is 18.0 Å². The molecular weight excluding hydrogens is 150 g/mol. The van der Waals surface area contributed by atoms with Gasteiger partial charge in [-0.3, -0.25) is 5.10 Å². The van der Waals surface area contributed by atoms with Gasteiger partial charge in [-0.25, -0.2) is 0 Å². The summed E-state index contributed by atoms with van der Waals surface area (Å²) in [6.07, 6.45) is 4.15. The van der Waals surface area contributed by atoms with Gasteiger partial charge in [-0.05, 0) is 18.9 Å². The summed E-state index contributed by atoms with van der Waals surface area (Å²) in [5.74, 6) is 0. The molecule has 3 nitrogen and oxygen atoms in total. The highest BCUT2D eigenvalue weighted by molar-refractivity contribution is 4.96. The molecular formula is C9H17N3. The zero-order chi connectivity index (χ0) is 8.81. The summed E-state index contributed by atoms with van der Waals surface area (Å²) in [5, 5.41) is 10.3. The van der Waals surface area contributed by atoms with Crippen LogP contribution in [0.25, 0.3) is 0 Å². The van der Waals surface area contributed by atoms with Crippen LogP contribution >= 0.6 is 0 Å². The standard InChI is InChI=1S/C9H17N3/c1-3-8(4-2)10-7-9-5-6-11-12-9/h5-6,8,10H,3-4,7H2,1-2H3,(H,11,12). The predicted molar refractivity (Wildman–Crippen MR) is 49.8 cm³/mol. The van der Waals surface area contributed by atoms with Crippen LogP contribution in [0, 0.1) is 0 Å². The fourth-order valence-electron chi connectivity index (χ4n) is 1.21. The van der Waals surface area contributed by atoms with Crippen molar-refractivity contribution in [1.82, 2.24) is 15.5 Å². The van der Waals surface area contributed by atoms with Crippen LogP contribution in [0.2, 0.25) is 0 Å². The Morgan fingerprint density at radius 3 is 2.75 bits per heavy atom. The molecule has 0 amide bonds. The molecule has 0 aromatic carbocycles. The van der Waals surface area contributed by atoms with Crippen LogP contribution in [-0.4, -0.2) is 16.2 Å². The molecule has 0 aliphatic carbocycles. The van der Waals surface area contributed by atoms with Crippen molar-refractivity contribution in [2.24, 2.45) is 0 Å². The van der Waals surface area contributed by atoms with E-state index in [0.717, 1.165) is 12.2 Å². The molecule has 1 aromatic heterocycles. The Labute approximate surface area is 73.6 Å². The van der Waals surface area contributed by atoms with Crippen molar-refractivity contribution in [3.8, 4) is 0 Å². The maximum atomic E-state index is 3.89. The zero-order valence-corrected chi connectivity index (χ0v) is 7.80. The van der Waals surface area contributed by atoms with Gasteiger partial charge in [0.2, 0.25) is 0 Å². The van der Waals surface area contributed by atoms with E-state index in [2.05, 4.69) is 29.4 Å². The lowest BCUT2D eigenvalue weighted by atomic mass is 10.2. The highest BCUT2D eigenvalue weighted by atomic mass is 15.1. The molecule has 0 unspecified atom stereocenters. The second kappa shape index (κ2) is 4.93. The van der Waals surface area contributed by atoms with Crippen molar-refractivity contribution in [2.45, 2.75) is 39.3 Å². The minimum atomic E-state index is 0.633. The third-order valence-electron chi connectivity index (χ3n) is 2.13. The maximum Gasteiger partial charge on any atom is 0.0490 e. The van der Waals surface area contributed by atoms with Gasteiger partial charge in [0.25, 0.3) is 0 Å². The summed E-state index contributed by atoms with van der Waals surface area (Å²) in [5.41, 5.74) is 1.15. The van der Waals surface area contributed by atoms with Gasteiger partial charge in [0.1, 0.15) is 0 Å². The van der Waals surface area contributed by atoms with Gasteiger partial charge in [-0.1, -0.05) is 13.8 Å². The largest absolute Gasteiger partial charge is 0.308 e. The van der Waals surface area contributed by atoms with E-state index < -0.39 is 0 Å². The smallest absolute Gasteiger partial charge is 0.0490 e. The third kappa shape index (κ3) is 2.66. The summed E-state index contributed by atoms with van der Waals surface area (Å²) in [6.45, 7) is 5.30. The van der Waals surface area contributed by atoms with E-state index in [-0.39, 0.29) is 0 Å². The lowest BCUT2D eigenvalue weighted by Crippen LogP contribution is -2.27. The number of nitrogens with zero attached hydrogens (tertiary/aromatic N) is 1. The fraction of sp³-hybridized carbons (Fsp3) is 0.667. The second-order valence-electron chi connectivity index (χ2n) is 2.98. The van der Waals surface area contributed by atoms with E-state index in [1.54, 1.807) is 6.20 Å². The zero-order valence-electron chi connectivity index (χ0n) is 7.80. The van der Waals surface area contributed by atoms with Gasteiger partial charge in [-0.2, -0.15) is 5.10 Å². The lowest BCUT2D eigenvalue weighted by molar-refractivity contribution is 0.480. The highest BCUT2D eigenvalue weighted by Gasteiger charge is 2.01. The van der Waals surface area contributed by atoms with Gasteiger partial charge in [-0.15, -0.1) is 0 Å². The maximum absolute atomic E-state index is 3.89. The molecule has 0 bridgehead atoms. The number of rotatable bonds is 5. The molecule has 1 rings (SSSR count).